The van der Waals surface area contributed by atoms with Crippen molar-refractivity contribution in [2.75, 3.05) is 0 Å². The molecule has 0 amide bonds. The summed E-state index contributed by atoms with van der Waals surface area (Å²) in [6.45, 7) is 0. The molecule has 2 saturated carbocycles. The van der Waals surface area contributed by atoms with Gasteiger partial charge in [-0.3, -0.25) is 9.59 Å². The number of rotatable bonds is 0. The molecule has 6 nitrogen and oxygen atoms in total. The second-order valence-corrected chi connectivity index (χ2v) is 9.36. The minimum atomic E-state index is -0.971. The maximum atomic E-state index is 12.3. The summed E-state index contributed by atoms with van der Waals surface area (Å²) in [6, 6.07) is 0. The average molecular weight is 456 g/mol. The Kier molecular flexibility index (Phi) is 6.22. The van der Waals surface area contributed by atoms with Crippen LogP contribution in [0.3, 0.4) is 0 Å². The Hall–Kier alpha value is -3.42. The Morgan fingerprint density at radius 3 is 1.41 bits per heavy atom. The zero-order chi connectivity index (χ0) is 23.7. The third kappa shape index (κ3) is 4.36. The van der Waals surface area contributed by atoms with Crippen molar-refractivity contribution in [2.45, 2.75) is 50.1 Å². The lowest BCUT2D eigenvalue weighted by Crippen LogP contribution is -2.36. The smallest absolute Gasteiger partial charge is 0.309 e. The number of carbonyl (C=O) groups is 2. The molecule has 3 aliphatic carbocycles. The Morgan fingerprint density at radius 2 is 1.00 bits per heavy atom. The normalized spacial score (nSPS) is 43.6. The third-order valence-corrected chi connectivity index (χ3v) is 7.41. The second kappa shape index (κ2) is 9.44. The number of esters is 2. The maximum absolute atomic E-state index is 12.3. The Balaban J connectivity index is 1.43. The topological polar surface area (TPSA) is 93.1 Å². The van der Waals surface area contributed by atoms with Crippen LogP contribution < -0.4 is 0 Å². The second-order valence-electron chi connectivity index (χ2n) is 9.36. The molecule has 0 aromatic rings. The largest absolute Gasteiger partial charge is 0.461 e. The van der Waals surface area contributed by atoms with Gasteiger partial charge < -0.3 is 19.7 Å². The molecule has 0 spiro atoms. The monoisotopic (exact) mass is 456 g/mol. The van der Waals surface area contributed by atoms with Gasteiger partial charge in [-0.2, -0.15) is 0 Å². The van der Waals surface area contributed by atoms with E-state index in [2.05, 4.69) is 47.4 Å². The van der Waals surface area contributed by atoms with Gasteiger partial charge in [-0.05, 0) is 50.0 Å². The van der Waals surface area contributed by atoms with Crippen LogP contribution in [0, 0.1) is 82.9 Å². The first-order valence-corrected chi connectivity index (χ1v) is 11.6. The zero-order valence-corrected chi connectivity index (χ0v) is 18.4. The summed E-state index contributed by atoms with van der Waals surface area (Å²) in [5.41, 5.74) is 0. The number of ether oxygens (including phenoxy) is 2. The first kappa shape index (κ1) is 22.4. The fourth-order valence-corrected chi connectivity index (χ4v) is 5.63. The number of hydrogen-bond donors (Lipinski definition) is 2. The highest BCUT2D eigenvalue weighted by Gasteiger charge is 2.51. The molecule has 2 N–H and O–H groups in total. The lowest BCUT2D eigenvalue weighted by molar-refractivity contribution is -0.145. The Labute approximate surface area is 198 Å². The van der Waals surface area contributed by atoms with Crippen molar-refractivity contribution in [1.82, 2.24) is 0 Å². The average Bonchev–Trinajstić information content (AvgIpc) is 3.32. The minimum Gasteiger partial charge on any atom is -0.461 e. The van der Waals surface area contributed by atoms with Gasteiger partial charge in [-0.15, -0.1) is 0 Å². The van der Waals surface area contributed by atoms with E-state index in [1.807, 2.05) is 0 Å². The molecule has 10 atom stereocenters. The fraction of sp³-hybridized carbons (Fsp3) is 0.500. The predicted octanol–water partition coefficient (Wildman–Crippen LogP) is 0.983. The fourth-order valence-electron chi connectivity index (χ4n) is 5.63. The van der Waals surface area contributed by atoms with Gasteiger partial charge in [0.1, 0.15) is 24.4 Å². The van der Waals surface area contributed by atoms with Crippen LogP contribution in [0.2, 0.25) is 0 Å². The van der Waals surface area contributed by atoms with Gasteiger partial charge in [0.15, 0.2) is 0 Å². The van der Waals surface area contributed by atoms with Crippen LogP contribution >= 0.6 is 0 Å². The number of hydrogen-bond acceptors (Lipinski definition) is 6. The van der Waals surface area contributed by atoms with Crippen LogP contribution in [0.4, 0.5) is 0 Å². The molecule has 2 saturated heterocycles. The molecule has 5 rings (SSSR count). The molecular weight excluding hydrogens is 432 g/mol. The van der Waals surface area contributed by atoms with Gasteiger partial charge >= 0.3 is 11.9 Å². The molecule has 0 aromatic carbocycles. The number of fused-ring (bicyclic) bond motifs is 12. The molecular formula is C28H24O6. The SMILES string of the molecule is O=C1O[C@@H]2C[C@H]1[C@@H]1C[C@H]2C#C/C=C\C#C[C@@H](O)[C@@H]2C[C@H](C#C/C=C\C#C[C@@H]1O)[C@@H]1C[C@H]2C(=O)O1. The van der Waals surface area contributed by atoms with Gasteiger partial charge in [-0.25, -0.2) is 0 Å². The van der Waals surface area contributed by atoms with E-state index in [0.717, 1.165) is 0 Å². The number of aliphatic hydroxyl groups is 2. The number of aliphatic hydroxyl groups excluding tert-OH is 2. The van der Waals surface area contributed by atoms with E-state index in [0.29, 0.717) is 25.7 Å². The van der Waals surface area contributed by atoms with Crippen LogP contribution in [-0.2, 0) is 19.1 Å². The van der Waals surface area contributed by atoms with Crippen molar-refractivity contribution in [2.24, 2.45) is 35.5 Å². The summed E-state index contributed by atoms with van der Waals surface area (Å²) in [5.74, 6) is 21.0. The van der Waals surface area contributed by atoms with E-state index in [1.165, 1.54) is 0 Å². The molecule has 6 heteroatoms. The Morgan fingerprint density at radius 1 is 0.618 bits per heavy atom. The van der Waals surface area contributed by atoms with Crippen LogP contribution in [0.15, 0.2) is 24.3 Å². The predicted molar refractivity (Wildman–Crippen MR) is 121 cm³/mol. The van der Waals surface area contributed by atoms with Gasteiger partial charge in [-0.1, -0.05) is 47.4 Å². The van der Waals surface area contributed by atoms with Crippen molar-refractivity contribution < 1.29 is 29.3 Å². The Bertz CT molecular complexity index is 1090. The maximum Gasteiger partial charge on any atom is 0.309 e. The highest BCUT2D eigenvalue weighted by molar-refractivity contribution is 5.76. The summed E-state index contributed by atoms with van der Waals surface area (Å²) in [5, 5.41) is 21.3. The molecule has 172 valence electrons. The van der Waals surface area contributed by atoms with E-state index in [4.69, 9.17) is 9.47 Å². The van der Waals surface area contributed by atoms with Crippen LogP contribution in [-0.4, -0.2) is 46.6 Å². The van der Waals surface area contributed by atoms with Crippen molar-refractivity contribution >= 4 is 11.9 Å². The molecule has 0 radical (unpaired) electrons. The molecule has 5 aliphatic rings. The highest BCUT2D eigenvalue weighted by Crippen LogP contribution is 2.44. The first-order valence-electron chi connectivity index (χ1n) is 11.6. The lowest BCUT2D eigenvalue weighted by atomic mass is 9.72. The van der Waals surface area contributed by atoms with Gasteiger partial charge in [0.2, 0.25) is 0 Å². The molecule has 8 bridgehead atoms. The number of allylic oxidation sites excluding steroid dienone is 4. The van der Waals surface area contributed by atoms with Crippen LogP contribution in [0.5, 0.6) is 0 Å². The first-order chi connectivity index (χ1) is 16.5. The van der Waals surface area contributed by atoms with Crippen molar-refractivity contribution in [3.8, 4) is 47.4 Å². The van der Waals surface area contributed by atoms with Crippen molar-refractivity contribution in [3.63, 3.8) is 0 Å². The lowest BCUT2D eigenvalue weighted by Gasteiger charge is -2.30. The summed E-state index contributed by atoms with van der Waals surface area (Å²) in [6.07, 6.45) is 5.90. The molecule has 4 fully saturated rings. The standard InChI is InChI=1S/C28H24O6/c29-23-11-7-3-1-5-9-17-13-19(21-15-25(17)33-27(21)31)24(30)12-8-4-2-6-10-18-14-20(23)22-16-26(18)34-28(22)32/h1-4,17-26,29-30H,13-16H2/b3-1-,4-2-/t17-,18+,19+,20-,21+,22-,23-,24+,25-,26+. The van der Waals surface area contributed by atoms with Crippen LogP contribution in [0.1, 0.15) is 25.7 Å². The van der Waals surface area contributed by atoms with E-state index in [-0.39, 0.29) is 59.7 Å². The molecule has 34 heavy (non-hydrogen) atoms. The summed E-state index contributed by atoms with van der Waals surface area (Å²) in [4.78, 5) is 24.5. The minimum absolute atomic E-state index is 0.195. The third-order valence-electron chi connectivity index (χ3n) is 7.41. The number of carbonyl (C=O) groups excluding carboxylic acids is 2. The summed E-state index contributed by atoms with van der Waals surface area (Å²) in [7, 11) is 0. The highest BCUT2D eigenvalue weighted by atomic mass is 16.6. The molecule has 2 aliphatic heterocycles. The molecule has 0 aromatic heterocycles. The molecule has 2 heterocycles. The quantitative estimate of drug-likeness (QED) is 0.417. The zero-order valence-electron chi connectivity index (χ0n) is 18.4. The van der Waals surface area contributed by atoms with Gasteiger partial charge in [0, 0.05) is 11.8 Å². The van der Waals surface area contributed by atoms with Crippen molar-refractivity contribution in [3.05, 3.63) is 24.3 Å². The molecule has 0 unspecified atom stereocenters. The van der Waals surface area contributed by atoms with Crippen molar-refractivity contribution in [1.29, 1.82) is 0 Å². The summed E-state index contributed by atoms with van der Waals surface area (Å²) >= 11 is 0. The van der Waals surface area contributed by atoms with Gasteiger partial charge in [0.05, 0.1) is 23.7 Å². The van der Waals surface area contributed by atoms with Gasteiger partial charge in [0.25, 0.3) is 0 Å². The van der Waals surface area contributed by atoms with E-state index < -0.39 is 12.2 Å². The van der Waals surface area contributed by atoms with E-state index in [9.17, 15) is 19.8 Å². The van der Waals surface area contributed by atoms with E-state index in [1.54, 1.807) is 24.3 Å². The van der Waals surface area contributed by atoms with Crippen LogP contribution in [0.25, 0.3) is 0 Å². The summed E-state index contributed by atoms with van der Waals surface area (Å²) < 4.78 is 11.0. The van der Waals surface area contributed by atoms with E-state index >= 15 is 0 Å².